The van der Waals surface area contributed by atoms with Gasteiger partial charge in [0.15, 0.2) is 11.5 Å². The monoisotopic (exact) mass is 542 g/mol. The maximum absolute atomic E-state index is 12.3. The number of rotatable bonds is 9. The predicted octanol–water partition coefficient (Wildman–Crippen LogP) is 5.58. The number of hydrogen-bond acceptors (Lipinski definition) is 4. The van der Waals surface area contributed by atoms with Gasteiger partial charge in [0, 0.05) is 0 Å². The number of carbonyl (C=O) groups excluding carboxylic acids is 1. The highest BCUT2D eigenvalue weighted by Crippen LogP contribution is 2.34. The van der Waals surface area contributed by atoms with Crippen molar-refractivity contribution in [3.63, 3.8) is 0 Å². The van der Waals surface area contributed by atoms with Crippen LogP contribution in [0, 0.1) is 17.4 Å². The first kappa shape index (κ1) is 23.8. The van der Waals surface area contributed by atoms with Crippen LogP contribution in [0.4, 0.5) is 0 Å². The Morgan fingerprint density at radius 1 is 1.06 bits per heavy atom. The molecule has 0 unspecified atom stereocenters. The summed E-state index contributed by atoms with van der Waals surface area (Å²) in [5.74, 6) is 1.20. The first-order chi connectivity index (χ1) is 15.5. The molecule has 0 radical (unpaired) electrons. The van der Waals surface area contributed by atoms with Crippen LogP contribution in [0.5, 0.6) is 11.5 Å². The second-order valence-electron chi connectivity index (χ2n) is 7.44. The minimum atomic E-state index is -0.157. The van der Waals surface area contributed by atoms with E-state index in [1.165, 1.54) is 5.56 Å². The lowest BCUT2D eigenvalue weighted by atomic mass is 10.0. The number of ether oxygens (including phenoxy) is 2. The molecule has 0 aromatic heterocycles. The van der Waals surface area contributed by atoms with Crippen LogP contribution in [0.15, 0.2) is 65.8 Å². The molecular weight excluding hydrogens is 515 g/mol. The number of amides is 1. The van der Waals surface area contributed by atoms with Gasteiger partial charge in [-0.2, -0.15) is 5.10 Å². The Balaban J connectivity index is 1.66. The van der Waals surface area contributed by atoms with Gasteiger partial charge >= 0.3 is 0 Å². The maximum Gasteiger partial charge on any atom is 0.244 e. The zero-order chi connectivity index (χ0) is 22.9. The van der Waals surface area contributed by atoms with Crippen LogP contribution in [0.2, 0.25) is 0 Å². The Labute approximate surface area is 203 Å². The lowest BCUT2D eigenvalue weighted by molar-refractivity contribution is -0.120. The molecule has 0 saturated carbocycles. The van der Waals surface area contributed by atoms with Gasteiger partial charge in [-0.1, -0.05) is 54.1 Å². The summed E-state index contributed by atoms with van der Waals surface area (Å²) >= 11 is 2.23. The van der Waals surface area contributed by atoms with E-state index in [0.29, 0.717) is 24.7 Å². The molecule has 1 amide bonds. The van der Waals surface area contributed by atoms with E-state index in [1.807, 2.05) is 75.4 Å². The number of carbonyl (C=O) groups is 1. The summed E-state index contributed by atoms with van der Waals surface area (Å²) in [6.45, 7) is 6.96. The van der Waals surface area contributed by atoms with E-state index in [2.05, 4.69) is 39.2 Å². The molecule has 1 N–H and O–H groups in total. The van der Waals surface area contributed by atoms with Gasteiger partial charge in [0.1, 0.15) is 6.61 Å². The molecular formula is C26H27IN2O3. The van der Waals surface area contributed by atoms with E-state index in [1.54, 1.807) is 6.21 Å². The Hall–Kier alpha value is -2.87. The van der Waals surface area contributed by atoms with Crippen LogP contribution < -0.4 is 14.9 Å². The summed E-state index contributed by atoms with van der Waals surface area (Å²) in [5.41, 5.74) is 7.79. The maximum atomic E-state index is 12.3. The van der Waals surface area contributed by atoms with Crippen LogP contribution in [0.1, 0.15) is 34.7 Å². The molecule has 3 aromatic carbocycles. The summed E-state index contributed by atoms with van der Waals surface area (Å²) in [6.07, 6.45) is 1.91. The zero-order valence-electron chi connectivity index (χ0n) is 18.5. The van der Waals surface area contributed by atoms with Crippen LogP contribution in [0.3, 0.4) is 0 Å². The molecule has 3 aromatic rings. The molecule has 0 bridgehead atoms. The molecule has 3 rings (SSSR count). The van der Waals surface area contributed by atoms with Crippen molar-refractivity contribution in [1.82, 2.24) is 5.43 Å². The normalized spacial score (nSPS) is 10.9. The highest BCUT2D eigenvalue weighted by molar-refractivity contribution is 14.1. The lowest BCUT2D eigenvalue weighted by Gasteiger charge is -2.14. The fourth-order valence-electron chi connectivity index (χ4n) is 3.23. The molecule has 0 spiro atoms. The molecule has 32 heavy (non-hydrogen) atoms. The minimum absolute atomic E-state index is 0.157. The Morgan fingerprint density at radius 2 is 1.84 bits per heavy atom. The van der Waals surface area contributed by atoms with Crippen LogP contribution in [0.25, 0.3) is 0 Å². The number of hydrazone groups is 1. The van der Waals surface area contributed by atoms with E-state index in [9.17, 15) is 4.79 Å². The fraction of sp³-hybridized carbons (Fsp3) is 0.231. The first-order valence-electron chi connectivity index (χ1n) is 10.5. The van der Waals surface area contributed by atoms with Crippen LogP contribution in [-0.4, -0.2) is 18.7 Å². The summed E-state index contributed by atoms with van der Waals surface area (Å²) < 4.78 is 12.8. The third kappa shape index (κ3) is 6.82. The van der Waals surface area contributed by atoms with Gasteiger partial charge in [0.2, 0.25) is 5.91 Å². The molecule has 5 nitrogen and oxygen atoms in total. The molecule has 0 aliphatic carbocycles. The average Bonchev–Trinajstić information content (AvgIpc) is 2.76. The highest BCUT2D eigenvalue weighted by atomic mass is 127. The van der Waals surface area contributed by atoms with E-state index < -0.39 is 0 Å². The number of aryl methyl sites for hydroxylation is 2. The van der Waals surface area contributed by atoms with Crippen molar-refractivity contribution >= 4 is 34.7 Å². The van der Waals surface area contributed by atoms with Crippen molar-refractivity contribution < 1.29 is 14.3 Å². The Bertz CT molecular complexity index is 1100. The SMILES string of the molecule is CCOc1cc(/C=N/NC(=O)Cc2ccc(C)cc2C)cc(I)c1OCc1ccccc1. The minimum Gasteiger partial charge on any atom is -0.490 e. The van der Waals surface area contributed by atoms with Crippen molar-refractivity contribution in [2.24, 2.45) is 5.10 Å². The molecule has 0 saturated heterocycles. The summed E-state index contributed by atoms with van der Waals surface area (Å²) in [7, 11) is 0. The van der Waals surface area contributed by atoms with E-state index in [-0.39, 0.29) is 12.3 Å². The quantitative estimate of drug-likeness (QED) is 0.218. The topological polar surface area (TPSA) is 59.9 Å². The molecule has 0 aliphatic rings. The largest absolute Gasteiger partial charge is 0.490 e. The Kier molecular flexibility index (Phi) is 8.67. The second kappa shape index (κ2) is 11.7. The average molecular weight is 542 g/mol. The van der Waals surface area contributed by atoms with Crippen molar-refractivity contribution in [1.29, 1.82) is 0 Å². The first-order valence-corrected chi connectivity index (χ1v) is 11.5. The molecule has 0 heterocycles. The fourth-order valence-corrected chi connectivity index (χ4v) is 4.01. The van der Waals surface area contributed by atoms with E-state index >= 15 is 0 Å². The van der Waals surface area contributed by atoms with Gasteiger partial charge < -0.3 is 9.47 Å². The Morgan fingerprint density at radius 3 is 2.56 bits per heavy atom. The summed E-state index contributed by atoms with van der Waals surface area (Å²) in [5, 5.41) is 4.13. The number of benzene rings is 3. The summed E-state index contributed by atoms with van der Waals surface area (Å²) in [6, 6.07) is 19.9. The van der Waals surface area contributed by atoms with Crippen LogP contribution in [-0.2, 0) is 17.8 Å². The number of nitrogens with one attached hydrogen (secondary N) is 1. The van der Waals surface area contributed by atoms with Gasteiger partial charge in [-0.3, -0.25) is 4.79 Å². The third-order valence-electron chi connectivity index (χ3n) is 4.81. The molecule has 0 atom stereocenters. The molecule has 0 aliphatic heterocycles. The molecule has 166 valence electrons. The van der Waals surface area contributed by atoms with Gasteiger partial charge in [-0.25, -0.2) is 5.43 Å². The van der Waals surface area contributed by atoms with E-state index in [0.717, 1.165) is 25.8 Å². The van der Waals surface area contributed by atoms with Crippen molar-refractivity contribution in [3.05, 3.63) is 92.1 Å². The van der Waals surface area contributed by atoms with Crippen molar-refractivity contribution in [3.8, 4) is 11.5 Å². The van der Waals surface area contributed by atoms with Gasteiger partial charge in [0.25, 0.3) is 0 Å². The van der Waals surface area contributed by atoms with E-state index in [4.69, 9.17) is 9.47 Å². The standard InChI is InChI=1S/C26H27IN2O3/c1-4-31-24-14-21(13-23(27)26(24)32-17-20-8-6-5-7-9-20)16-28-29-25(30)15-22-11-10-18(2)12-19(22)3/h5-14,16H,4,15,17H2,1-3H3,(H,29,30)/b28-16+. The molecule has 6 heteroatoms. The second-order valence-corrected chi connectivity index (χ2v) is 8.60. The highest BCUT2D eigenvalue weighted by Gasteiger charge is 2.12. The van der Waals surface area contributed by atoms with Gasteiger partial charge in [-0.15, -0.1) is 0 Å². The zero-order valence-corrected chi connectivity index (χ0v) is 20.7. The smallest absolute Gasteiger partial charge is 0.244 e. The number of hydrogen-bond donors (Lipinski definition) is 1. The predicted molar refractivity (Wildman–Crippen MR) is 136 cm³/mol. The van der Waals surface area contributed by atoms with Crippen LogP contribution >= 0.6 is 22.6 Å². The number of nitrogens with zero attached hydrogens (tertiary/aromatic N) is 1. The van der Waals surface area contributed by atoms with Crippen molar-refractivity contribution in [2.45, 2.75) is 33.8 Å². The van der Waals surface area contributed by atoms with Gasteiger partial charge in [0.05, 0.1) is 22.8 Å². The third-order valence-corrected chi connectivity index (χ3v) is 5.61. The summed E-state index contributed by atoms with van der Waals surface area (Å²) in [4.78, 5) is 12.3. The molecule has 0 fully saturated rings. The van der Waals surface area contributed by atoms with Crippen molar-refractivity contribution in [2.75, 3.05) is 6.61 Å². The van der Waals surface area contributed by atoms with Gasteiger partial charge in [-0.05, 0) is 77.7 Å². The lowest BCUT2D eigenvalue weighted by Crippen LogP contribution is -2.20. The number of halogens is 1.